The molecule has 24 heavy (non-hydrogen) atoms. The summed E-state index contributed by atoms with van der Waals surface area (Å²) in [5.74, 6) is -0.148. The zero-order valence-corrected chi connectivity index (χ0v) is 13.6. The SMILES string of the molecule is CCOC(=O)c1cc2c([nH]c3ccccc32)c(C2CCC=NC2)n1. The van der Waals surface area contributed by atoms with Gasteiger partial charge in [-0.2, -0.15) is 0 Å². The number of nitrogens with one attached hydrogen (secondary N) is 1. The van der Waals surface area contributed by atoms with E-state index in [1.807, 2.05) is 30.5 Å². The van der Waals surface area contributed by atoms with Crippen LogP contribution in [0.25, 0.3) is 21.8 Å². The van der Waals surface area contributed by atoms with Crippen LogP contribution in [0.2, 0.25) is 0 Å². The van der Waals surface area contributed by atoms with E-state index in [9.17, 15) is 4.79 Å². The van der Waals surface area contributed by atoms with E-state index < -0.39 is 0 Å². The van der Waals surface area contributed by atoms with E-state index in [-0.39, 0.29) is 11.9 Å². The van der Waals surface area contributed by atoms with E-state index >= 15 is 0 Å². The van der Waals surface area contributed by atoms with Gasteiger partial charge in [0, 0.05) is 28.8 Å². The number of rotatable bonds is 3. The van der Waals surface area contributed by atoms with Crippen molar-refractivity contribution in [2.75, 3.05) is 13.2 Å². The van der Waals surface area contributed by atoms with Gasteiger partial charge in [-0.25, -0.2) is 9.78 Å². The number of hydrogen-bond donors (Lipinski definition) is 1. The van der Waals surface area contributed by atoms with E-state index in [0.717, 1.165) is 40.3 Å². The first-order chi connectivity index (χ1) is 11.8. The van der Waals surface area contributed by atoms with Crippen molar-refractivity contribution >= 4 is 34.0 Å². The second kappa shape index (κ2) is 6.07. The van der Waals surface area contributed by atoms with Gasteiger partial charge >= 0.3 is 5.97 Å². The molecule has 0 saturated heterocycles. The summed E-state index contributed by atoms with van der Waals surface area (Å²) in [5.41, 5.74) is 3.35. The predicted octanol–water partition coefficient (Wildman–Crippen LogP) is 3.84. The Morgan fingerprint density at radius 2 is 2.21 bits per heavy atom. The van der Waals surface area contributed by atoms with Crippen molar-refractivity contribution in [1.29, 1.82) is 0 Å². The van der Waals surface area contributed by atoms with Crippen LogP contribution >= 0.6 is 0 Å². The van der Waals surface area contributed by atoms with Crippen LogP contribution in [0.1, 0.15) is 41.9 Å². The number of hydrogen-bond acceptors (Lipinski definition) is 4. The Kier molecular flexibility index (Phi) is 3.76. The zero-order valence-electron chi connectivity index (χ0n) is 13.6. The van der Waals surface area contributed by atoms with Gasteiger partial charge in [-0.1, -0.05) is 18.2 Å². The molecule has 0 saturated carbocycles. The van der Waals surface area contributed by atoms with E-state index in [1.165, 1.54) is 0 Å². The quantitative estimate of drug-likeness (QED) is 0.745. The number of ether oxygens (including phenoxy) is 1. The van der Waals surface area contributed by atoms with Crippen LogP contribution in [-0.2, 0) is 4.74 Å². The Bertz CT molecular complexity index is 942. The minimum atomic E-state index is -0.370. The van der Waals surface area contributed by atoms with Crippen molar-refractivity contribution in [2.24, 2.45) is 4.99 Å². The Morgan fingerprint density at radius 1 is 1.33 bits per heavy atom. The summed E-state index contributed by atoms with van der Waals surface area (Å²) in [6.45, 7) is 2.86. The number of H-pyrrole nitrogens is 1. The molecular formula is C19H19N3O2. The number of carbonyl (C=O) groups excluding carboxylic acids is 1. The summed E-state index contributed by atoms with van der Waals surface area (Å²) in [6, 6.07) is 9.95. The van der Waals surface area contributed by atoms with Gasteiger partial charge in [0.2, 0.25) is 0 Å². The first kappa shape index (κ1) is 14.9. The lowest BCUT2D eigenvalue weighted by molar-refractivity contribution is 0.0519. The van der Waals surface area contributed by atoms with Crippen molar-refractivity contribution in [2.45, 2.75) is 25.7 Å². The average Bonchev–Trinajstić information content (AvgIpc) is 3.00. The molecule has 2 aromatic heterocycles. The van der Waals surface area contributed by atoms with Gasteiger partial charge in [-0.05, 0) is 38.1 Å². The molecule has 4 rings (SSSR count). The molecule has 0 spiro atoms. The summed E-state index contributed by atoms with van der Waals surface area (Å²) in [5, 5.41) is 2.12. The first-order valence-electron chi connectivity index (χ1n) is 8.34. The number of pyridine rings is 1. The number of esters is 1. The van der Waals surface area contributed by atoms with Crippen LogP contribution in [0.5, 0.6) is 0 Å². The predicted molar refractivity (Wildman–Crippen MR) is 94.9 cm³/mol. The molecule has 0 fully saturated rings. The molecule has 1 aliphatic rings. The normalized spacial score (nSPS) is 17.5. The largest absolute Gasteiger partial charge is 0.461 e. The number of para-hydroxylation sites is 1. The Balaban J connectivity index is 1.96. The number of aromatic amines is 1. The zero-order chi connectivity index (χ0) is 16.5. The van der Waals surface area contributed by atoms with Crippen LogP contribution in [0.4, 0.5) is 0 Å². The number of benzene rings is 1. The highest BCUT2D eigenvalue weighted by molar-refractivity contribution is 6.09. The minimum Gasteiger partial charge on any atom is -0.461 e. The molecule has 0 bridgehead atoms. The fraction of sp³-hybridized carbons (Fsp3) is 0.316. The van der Waals surface area contributed by atoms with Crippen LogP contribution in [-0.4, -0.2) is 35.3 Å². The lowest BCUT2D eigenvalue weighted by Gasteiger charge is -2.18. The molecule has 5 nitrogen and oxygen atoms in total. The van der Waals surface area contributed by atoms with Gasteiger partial charge in [-0.3, -0.25) is 4.99 Å². The molecule has 0 aliphatic carbocycles. The lowest BCUT2D eigenvalue weighted by Crippen LogP contribution is -2.14. The molecule has 1 unspecified atom stereocenters. The molecule has 122 valence electrons. The summed E-state index contributed by atoms with van der Waals surface area (Å²) >= 11 is 0. The number of nitrogens with zero attached hydrogens (tertiary/aromatic N) is 2. The highest BCUT2D eigenvalue weighted by Gasteiger charge is 2.23. The van der Waals surface area contributed by atoms with Gasteiger partial charge in [0.1, 0.15) is 5.69 Å². The first-order valence-corrected chi connectivity index (χ1v) is 8.34. The van der Waals surface area contributed by atoms with Crippen molar-refractivity contribution in [3.63, 3.8) is 0 Å². The number of carbonyl (C=O) groups is 1. The second-order valence-corrected chi connectivity index (χ2v) is 6.03. The highest BCUT2D eigenvalue weighted by atomic mass is 16.5. The molecule has 0 radical (unpaired) electrons. The van der Waals surface area contributed by atoms with Crippen LogP contribution in [0.15, 0.2) is 35.3 Å². The fourth-order valence-corrected chi connectivity index (χ4v) is 3.36. The van der Waals surface area contributed by atoms with Gasteiger partial charge < -0.3 is 9.72 Å². The molecule has 1 aromatic carbocycles. The molecule has 3 heterocycles. The third-order valence-corrected chi connectivity index (χ3v) is 4.49. The monoisotopic (exact) mass is 321 g/mol. The van der Waals surface area contributed by atoms with Gasteiger partial charge in [0.25, 0.3) is 0 Å². The number of aliphatic imine (C=N–C) groups is 1. The van der Waals surface area contributed by atoms with Crippen molar-refractivity contribution < 1.29 is 9.53 Å². The smallest absolute Gasteiger partial charge is 0.356 e. The summed E-state index contributed by atoms with van der Waals surface area (Å²) < 4.78 is 5.17. The number of fused-ring (bicyclic) bond motifs is 3. The van der Waals surface area contributed by atoms with Crippen molar-refractivity contribution in [1.82, 2.24) is 9.97 Å². The van der Waals surface area contributed by atoms with E-state index in [1.54, 1.807) is 6.92 Å². The Hall–Kier alpha value is -2.69. The van der Waals surface area contributed by atoms with Crippen LogP contribution in [0, 0.1) is 0 Å². The van der Waals surface area contributed by atoms with Crippen molar-refractivity contribution in [3.05, 3.63) is 41.7 Å². The third-order valence-electron chi connectivity index (χ3n) is 4.49. The summed E-state index contributed by atoms with van der Waals surface area (Å²) in [6.07, 6.45) is 3.90. The van der Waals surface area contributed by atoms with Crippen LogP contribution < -0.4 is 0 Å². The average molecular weight is 321 g/mol. The van der Waals surface area contributed by atoms with E-state index in [2.05, 4.69) is 21.0 Å². The second-order valence-electron chi connectivity index (χ2n) is 6.03. The topological polar surface area (TPSA) is 67.3 Å². The molecule has 0 amide bonds. The van der Waals surface area contributed by atoms with Gasteiger partial charge in [-0.15, -0.1) is 0 Å². The summed E-state index contributed by atoms with van der Waals surface area (Å²) in [7, 11) is 0. The maximum atomic E-state index is 12.3. The lowest BCUT2D eigenvalue weighted by atomic mass is 9.95. The Labute approximate surface area is 139 Å². The molecule has 1 atom stereocenters. The summed E-state index contributed by atoms with van der Waals surface area (Å²) in [4.78, 5) is 24.8. The van der Waals surface area contributed by atoms with Crippen LogP contribution in [0.3, 0.4) is 0 Å². The number of aromatic nitrogens is 2. The molecule has 5 heteroatoms. The maximum Gasteiger partial charge on any atom is 0.356 e. The van der Waals surface area contributed by atoms with Gasteiger partial charge in [0.05, 0.1) is 17.8 Å². The maximum absolute atomic E-state index is 12.3. The third kappa shape index (κ3) is 2.46. The molecular weight excluding hydrogens is 302 g/mol. The van der Waals surface area contributed by atoms with Crippen molar-refractivity contribution in [3.8, 4) is 0 Å². The molecule has 3 aromatic rings. The molecule has 1 aliphatic heterocycles. The highest BCUT2D eigenvalue weighted by Crippen LogP contribution is 2.33. The fourth-order valence-electron chi connectivity index (χ4n) is 3.36. The van der Waals surface area contributed by atoms with E-state index in [4.69, 9.17) is 4.74 Å². The van der Waals surface area contributed by atoms with E-state index in [0.29, 0.717) is 18.8 Å². The minimum absolute atomic E-state index is 0.222. The van der Waals surface area contributed by atoms with Gasteiger partial charge in [0.15, 0.2) is 0 Å². The standard InChI is InChI=1S/C19H19N3O2/c1-2-24-19(23)16-10-14-13-7-3-4-8-15(13)21-18(14)17(22-16)12-6-5-9-20-11-12/h3-4,7-10,12,21H,2,5-6,11H2,1H3. The molecule has 1 N–H and O–H groups in total. The Morgan fingerprint density at radius 3 is 3.00 bits per heavy atom.